The molecule has 4 rings (SSSR count). The molecular weight excluding hydrogens is 374 g/mol. The molecule has 0 aliphatic rings. The van der Waals surface area contributed by atoms with Gasteiger partial charge in [-0.3, -0.25) is 0 Å². The Bertz CT molecular complexity index is 1130. The van der Waals surface area contributed by atoms with Gasteiger partial charge in [0.25, 0.3) is 0 Å². The summed E-state index contributed by atoms with van der Waals surface area (Å²) >= 11 is 0. The SMILES string of the molecule is CC(Cc1ccc(-c2ccc(CCc3ccc(C#N)cc3)cc2)cc1)c1ccccc1. The van der Waals surface area contributed by atoms with Crippen molar-refractivity contribution in [3.8, 4) is 17.2 Å². The number of rotatable bonds is 7. The first-order valence-electron chi connectivity index (χ1n) is 10.9. The van der Waals surface area contributed by atoms with Crippen molar-refractivity contribution in [3.05, 3.63) is 131 Å². The van der Waals surface area contributed by atoms with Gasteiger partial charge in [-0.25, -0.2) is 0 Å². The van der Waals surface area contributed by atoms with E-state index in [1.807, 2.05) is 24.3 Å². The molecule has 0 N–H and O–H groups in total. The Hall–Kier alpha value is -3.63. The molecule has 4 aromatic carbocycles. The molecule has 1 nitrogen and oxygen atoms in total. The minimum Gasteiger partial charge on any atom is -0.192 e. The van der Waals surface area contributed by atoms with Crippen LogP contribution in [0.25, 0.3) is 11.1 Å². The van der Waals surface area contributed by atoms with E-state index in [1.54, 1.807) is 0 Å². The van der Waals surface area contributed by atoms with Crippen LogP contribution in [0.3, 0.4) is 0 Å². The lowest BCUT2D eigenvalue weighted by Gasteiger charge is -2.12. The van der Waals surface area contributed by atoms with E-state index in [0.29, 0.717) is 11.5 Å². The van der Waals surface area contributed by atoms with E-state index in [-0.39, 0.29) is 0 Å². The highest BCUT2D eigenvalue weighted by Gasteiger charge is 2.07. The van der Waals surface area contributed by atoms with Crippen LogP contribution in [0.1, 0.15) is 40.7 Å². The first-order valence-corrected chi connectivity index (χ1v) is 10.9. The summed E-state index contributed by atoms with van der Waals surface area (Å²) in [4.78, 5) is 0. The molecule has 31 heavy (non-hydrogen) atoms. The van der Waals surface area contributed by atoms with Crippen LogP contribution < -0.4 is 0 Å². The zero-order chi connectivity index (χ0) is 21.5. The van der Waals surface area contributed by atoms with E-state index < -0.39 is 0 Å². The summed E-state index contributed by atoms with van der Waals surface area (Å²) in [7, 11) is 0. The lowest BCUT2D eigenvalue weighted by atomic mass is 9.93. The highest BCUT2D eigenvalue weighted by atomic mass is 14.2. The summed E-state index contributed by atoms with van der Waals surface area (Å²) in [5.41, 5.74) is 8.60. The summed E-state index contributed by atoms with van der Waals surface area (Å²) in [6.45, 7) is 2.29. The third kappa shape index (κ3) is 5.50. The van der Waals surface area contributed by atoms with Crippen LogP contribution >= 0.6 is 0 Å². The van der Waals surface area contributed by atoms with Crippen LogP contribution in [0, 0.1) is 11.3 Å². The summed E-state index contributed by atoms with van der Waals surface area (Å²) < 4.78 is 0. The minimum atomic E-state index is 0.516. The largest absolute Gasteiger partial charge is 0.192 e. The summed E-state index contributed by atoms with van der Waals surface area (Å²) in [5, 5.41) is 8.91. The van der Waals surface area contributed by atoms with E-state index in [0.717, 1.165) is 19.3 Å². The monoisotopic (exact) mass is 401 g/mol. The molecule has 4 aromatic rings. The summed E-state index contributed by atoms with van der Waals surface area (Å²) in [6, 6.07) is 38.6. The van der Waals surface area contributed by atoms with Gasteiger partial charge in [-0.05, 0) is 70.7 Å². The van der Waals surface area contributed by atoms with Crippen LogP contribution in [0.4, 0.5) is 0 Å². The van der Waals surface area contributed by atoms with E-state index in [9.17, 15) is 0 Å². The Balaban J connectivity index is 1.35. The number of hydrogen-bond acceptors (Lipinski definition) is 1. The van der Waals surface area contributed by atoms with Crippen molar-refractivity contribution >= 4 is 0 Å². The second-order valence-corrected chi connectivity index (χ2v) is 8.22. The molecule has 0 aromatic heterocycles. The van der Waals surface area contributed by atoms with E-state index >= 15 is 0 Å². The number of benzene rings is 4. The maximum absolute atomic E-state index is 8.91. The molecule has 0 spiro atoms. The standard InChI is InChI=1S/C30H27N/c1-23(28-5-3-2-4-6-28)21-26-15-19-30(20-16-26)29-17-13-25(14-18-29)8-7-24-9-11-27(22-31)12-10-24/h2-6,9-20,23H,7-8,21H2,1H3. The fourth-order valence-corrected chi connectivity index (χ4v) is 3.98. The molecule has 1 unspecified atom stereocenters. The van der Waals surface area contributed by atoms with Crippen molar-refractivity contribution in [2.45, 2.75) is 32.1 Å². The minimum absolute atomic E-state index is 0.516. The van der Waals surface area contributed by atoms with Gasteiger partial charge in [-0.15, -0.1) is 0 Å². The molecule has 0 bridgehead atoms. The van der Waals surface area contributed by atoms with Gasteiger partial charge in [-0.1, -0.05) is 97.9 Å². The smallest absolute Gasteiger partial charge is 0.0991 e. The fraction of sp³-hybridized carbons (Fsp3) is 0.167. The average molecular weight is 402 g/mol. The van der Waals surface area contributed by atoms with Crippen LogP contribution in [-0.2, 0) is 19.3 Å². The topological polar surface area (TPSA) is 23.8 Å². The van der Waals surface area contributed by atoms with Gasteiger partial charge >= 0.3 is 0 Å². The molecule has 1 atom stereocenters. The average Bonchev–Trinajstić information content (AvgIpc) is 2.84. The number of nitrogens with zero attached hydrogens (tertiary/aromatic N) is 1. The second-order valence-electron chi connectivity index (χ2n) is 8.22. The zero-order valence-electron chi connectivity index (χ0n) is 18.0. The van der Waals surface area contributed by atoms with Crippen LogP contribution in [0.5, 0.6) is 0 Å². The summed E-state index contributed by atoms with van der Waals surface area (Å²) in [5.74, 6) is 0.516. The van der Waals surface area contributed by atoms with Crippen molar-refractivity contribution in [2.75, 3.05) is 0 Å². The van der Waals surface area contributed by atoms with Crippen LogP contribution in [0.15, 0.2) is 103 Å². The van der Waals surface area contributed by atoms with Crippen molar-refractivity contribution < 1.29 is 0 Å². The summed E-state index contributed by atoms with van der Waals surface area (Å²) in [6.07, 6.45) is 3.04. The molecule has 0 aliphatic heterocycles. The molecule has 0 saturated heterocycles. The normalized spacial score (nSPS) is 11.6. The highest BCUT2D eigenvalue weighted by Crippen LogP contribution is 2.24. The van der Waals surface area contributed by atoms with Crippen molar-refractivity contribution in [1.82, 2.24) is 0 Å². The molecular formula is C30H27N. The van der Waals surface area contributed by atoms with E-state index in [4.69, 9.17) is 5.26 Å². The predicted octanol–water partition coefficient (Wildman–Crippen LogP) is 7.36. The lowest BCUT2D eigenvalue weighted by molar-refractivity contribution is 0.759. The molecule has 0 fully saturated rings. The Morgan fingerprint density at radius 1 is 0.613 bits per heavy atom. The van der Waals surface area contributed by atoms with E-state index in [1.165, 1.54) is 33.4 Å². The number of hydrogen-bond donors (Lipinski definition) is 0. The number of aryl methyl sites for hydroxylation is 2. The van der Waals surface area contributed by atoms with Gasteiger partial charge in [0.1, 0.15) is 0 Å². The lowest BCUT2D eigenvalue weighted by Crippen LogP contribution is -1.98. The van der Waals surface area contributed by atoms with Gasteiger partial charge < -0.3 is 0 Å². The Morgan fingerprint density at radius 3 is 1.61 bits per heavy atom. The molecule has 0 radical (unpaired) electrons. The van der Waals surface area contributed by atoms with Crippen molar-refractivity contribution in [3.63, 3.8) is 0 Å². The van der Waals surface area contributed by atoms with Gasteiger partial charge in [0.15, 0.2) is 0 Å². The van der Waals surface area contributed by atoms with Gasteiger partial charge in [0.05, 0.1) is 11.6 Å². The Morgan fingerprint density at radius 2 is 1.10 bits per heavy atom. The molecule has 1 heteroatoms. The van der Waals surface area contributed by atoms with Gasteiger partial charge in [-0.2, -0.15) is 5.26 Å². The number of nitriles is 1. The zero-order valence-corrected chi connectivity index (χ0v) is 18.0. The molecule has 0 aliphatic carbocycles. The third-order valence-corrected chi connectivity index (χ3v) is 5.94. The second kappa shape index (κ2) is 9.92. The Labute approximate surface area is 185 Å². The Kier molecular flexibility index (Phi) is 6.60. The van der Waals surface area contributed by atoms with Crippen molar-refractivity contribution in [1.29, 1.82) is 5.26 Å². The van der Waals surface area contributed by atoms with Crippen molar-refractivity contribution in [2.24, 2.45) is 0 Å². The first-order chi connectivity index (χ1) is 15.2. The van der Waals surface area contributed by atoms with Gasteiger partial charge in [0.2, 0.25) is 0 Å². The highest BCUT2D eigenvalue weighted by molar-refractivity contribution is 5.64. The molecule has 0 amide bonds. The van der Waals surface area contributed by atoms with E-state index in [2.05, 4.69) is 91.9 Å². The molecule has 0 saturated carbocycles. The maximum Gasteiger partial charge on any atom is 0.0991 e. The molecule has 0 heterocycles. The maximum atomic E-state index is 8.91. The third-order valence-electron chi connectivity index (χ3n) is 5.94. The van der Waals surface area contributed by atoms with Crippen LogP contribution in [-0.4, -0.2) is 0 Å². The predicted molar refractivity (Wildman–Crippen MR) is 129 cm³/mol. The first kappa shape index (κ1) is 20.6. The van der Waals surface area contributed by atoms with Gasteiger partial charge in [0, 0.05) is 0 Å². The van der Waals surface area contributed by atoms with Crippen LogP contribution in [0.2, 0.25) is 0 Å². The quantitative estimate of drug-likeness (QED) is 0.317. The molecule has 152 valence electrons. The fourth-order valence-electron chi connectivity index (χ4n) is 3.98.